The molecule has 0 bridgehead atoms. The molecule has 1 atom stereocenters. The number of rotatable bonds is 7. The number of ketones is 1. The number of aromatic amines is 1. The van der Waals surface area contributed by atoms with Crippen LogP contribution in [0.4, 0.5) is 0 Å². The summed E-state index contributed by atoms with van der Waals surface area (Å²) in [6, 6.07) is 13.4. The number of fused-ring (bicyclic) bond motifs is 1. The van der Waals surface area contributed by atoms with Gasteiger partial charge in [0.2, 0.25) is 0 Å². The molecule has 0 radical (unpaired) electrons. The molecule has 0 spiro atoms. The van der Waals surface area contributed by atoms with Crippen LogP contribution in [-0.4, -0.2) is 28.7 Å². The largest absolute Gasteiger partial charge is 0.481 e. The van der Waals surface area contributed by atoms with Crippen LogP contribution in [0.3, 0.4) is 0 Å². The van der Waals surface area contributed by atoms with E-state index in [9.17, 15) is 14.4 Å². The van der Waals surface area contributed by atoms with Crippen LogP contribution in [0.5, 0.6) is 5.75 Å². The maximum atomic E-state index is 12.7. The van der Waals surface area contributed by atoms with Gasteiger partial charge in [0, 0.05) is 11.3 Å². The Balaban J connectivity index is 1.65. The molecule has 162 valence electrons. The number of ether oxygens (including phenoxy) is 1. The van der Waals surface area contributed by atoms with Crippen LogP contribution in [0.1, 0.15) is 59.3 Å². The van der Waals surface area contributed by atoms with Gasteiger partial charge >= 0.3 is 0 Å². The molecule has 0 aliphatic carbocycles. The van der Waals surface area contributed by atoms with Crippen LogP contribution in [0.2, 0.25) is 0 Å². The van der Waals surface area contributed by atoms with Crippen LogP contribution < -0.4 is 15.6 Å². The first kappa shape index (κ1) is 22.1. The second-order valence-electron chi connectivity index (χ2n) is 7.50. The predicted octanol–water partition coefficient (Wildman–Crippen LogP) is 3.86. The van der Waals surface area contributed by atoms with Gasteiger partial charge in [0.1, 0.15) is 11.4 Å². The average molecular weight is 421 g/mol. The van der Waals surface area contributed by atoms with Crippen molar-refractivity contribution in [1.82, 2.24) is 15.8 Å². The molecule has 31 heavy (non-hydrogen) atoms. The minimum atomic E-state index is -0.824. The third-order valence-electron chi connectivity index (χ3n) is 5.07. The maximum Gasteiger partial charge on any atom is 0.286 e. The van der Waals surface area contributed by atoms with E-state index in [-0.39, 0.29) is 11.5 Å². The highest BCUT2D eigenvalue weighted by Crippen LogP contribution is 2.22. The summed E-state index contributed by atoms with van der Waals surface area (Å²) < 4.78 is 5.72. The summed E-state index contributed by atoms with van der Waals surface area (Å²) in [6.45, 7) is 6.81. The van der Waals surface area contributed by atoms with Crippen molar-refractivity contribution in [3.63, 3.8) is 0 Å². The topological polar surface area (TPSA) is 100 Å². The third kappa shape index (κ3) is 4.94. The molecule has 0 saturated carbocycles. The number of aromatic nitrogens is 1. The number of carbonyl (C=O) groups excluding carboxylic acids is 3. The second kappa shape index (κ2) is 9.47. The lowest BCUT2D eigenvalue weighted by Gasteiger charge is -2.15. The molecule has 0 fully saturated rings. The van der Waals surface area contributed by atoms with E-state index in [2.05, 4.69) is 15.8 Å². The molecule has 3 aromatic rings. The summed E-state index contributed by atoms with van der Waals surface area (Å²) in [5, 5.41) is 2.08. The number of Topliss-reactive ketones (excluding diaryl/α,β-unsaturated/α-hetero) is 1. The number of carbonyl (C=O) groups is 3. The van der Waals surface area contributed by atoms with E-state index in [1.54, 1.807) is 19.9 Å². The van der Waals surface area contributed by atoms with Crippen molar-refractivity contribution in [3.05, 3.63) is 65.0 Å². The number of hydrazine groups is 1. The van der Waals surface area contributed by atoms with Gasteiger partial charge in [0.25, 0.3) is 11.8 Å². The number of amides is 2. The van der Waals surface area contributed by atoms with Crippen molar-refractivity contribution < 1.29 is 19.1 Å². The van der Waals surface area contributed by atoms with Crippen molar-refractivity contribution in [1.29, 1.82) is 0 Å². The van der Waals surface area contributed by atoms with Crippen molar-refractivity contribution >= 4 is 28.4 Å². The number of benzene rings is 2. The van der Waals surface area contributed by atoms with Crippen molar-refractivity contribution in [2.75, 3.05) is 0 Å². The lowest BCUT2D eigenvalue weighted by molar-refractivity contribution is -0.128. The number of hydrogen-bond donors (Lipinski definition) is 3. The lowest BCUT2D eigenvalue weighted by atomic mass is 10.0. The van der Waals surface area contributed by atoms with E-state index in [1.165, 1.54) is 6.92 Å². The molecular weight excluding hydrogens is 394 g/mol. The van der Waals surface area contributed by atoms with Crippen molar-refractivity contribution in [2.24, 2.45) is 0 Å². The summed E-state index contributed by atoms with van der Waals surface area (Å²) in [4.78, 5) is 40.0. The van der Waals surface area contributed by atoms with E-state index in [1.807, 2.05) is 43.3 Å². The molecular formula is C24H27N3O4. The Bertz CT molecular complexity index is 1130. The van der Waals surface area contributed by atoms with E-state index >= 15 is 0 Å². The van der Waals surface area contributed by atoms with Gasteiger partial charge in [-0.15, -0.1) is 0 Å². The van der Waals surface area contributed by atoms with Gasteiger partial charge in [-0.25, -0.2) is 0 Å². The van der Waals surface area contributed by atoms with Gasteiger partial charge in [-0.05, 0) is 55.7 Å². The fourth-order valence-corrected chi connectivity index (χ4v) is 3.63. The predicted molar refractivity (Wildman–Crippen MR) is 119 cm³/mol. The molecule has 0 aliphatic rings. The van der Waals surface area contributed by atoms with E-state index < -0.39 is 17.9 Å². The molecule has 7 nitrogen and oxygen atoms in total. The highest BCUT2D eigenvalue weighted by molar-refractivity contribution is 6.03. The Morgan fingerprint density at radius 3 is 2.45 bits per heavy atom. The Morgan fingerprint density at radius 2 is 1.77 bits per heavy atom. The quantitative estimate of drug-likeness (QED) is 0.398. The van der Waals surface area contributed by atoms with Crippen LogP contribution in [-0.2, 0) is 11.2 Å². The van der Waals surface area contributed by atoms with Gasteiger partial charge in [-0.3, -0.25) is 25.2 Å². The Labute approximate surface area is 181 Å². The minimum Gasteiger partial charge on any atom is -0.481 e. The first-order valence-electron chi connectivity index (χ1n) is 10.3. The number of aryl methyl sites for hydroxylation is 1. The minimum absolute atomic E-state index is 0.0994. The third-order valence-corrected chi connectivity index (χ3v) is 5.07. The normalized spacial score (nSPS) is 11.7. The smallest absolute Gasteiger partial charge is 0.286 e. The van der Waals surface area contributed by atoms with E-state index in [4.69, 9.17) is 4.74 Å². The van der Waals surface area contributed by atoms with Crippen molar-refractivity contribution in [3.8, 4) is 5.75 Å². The van der Waals surface area contributed by atoms with Gasteiger partial charge in [0.15, 0.2) is 11.9 Å². The lowest BCUT2D eigenvalue weighted by Crippen LogP contribution is -2.47. The highest BCUT2D eigenvalue weighted by atomic mass is 16.5. The molecule has 7 heteroatoms. The van der Waals surface area contributed by atoms with E-state index in [0.717, 1.165) is 17.2 Å². The Morgan fingerprint density at radius 1 is 1.06 bits per heavy atom. The zero-order chi connectivity index (χ0) is 22.5. The van der Waals surface area contributed by atoms with Gasteiger partial charge in [0.05, 0.1) is 0 Å². The summed E-state index contributed by atoms with van der Waals surface area (Å²) in [7, 11) is 0. The second-order valence-corrected chi connectivity index (χ2v) is 7.50. The summed E-state index contributed by atoms with van der Waals surface area (Å²) in [5.41, 5.74) is 6.93. The molecule has 0 aliphatic heterocycles. The zero-order valence-corrected chi connectivity index (χ0v) is 18.2. The molecule has 2 aromatic carbocycles. The van der Waals surface area contributed by atoms with Crippen LogP contribution in [0.15, 0.2) is 42.5 Å². The highest BCUT2D eigenvalue weighted by Gasteiger charge is 2.23. The monoisotopic (exact) mass is 421 g/mol. The number of nitrogens with one attached hydrogen (secondary N) is 3. The van der Waals surface area contributed by atoms with Gasteiger partial charge in [-0.2, -0.15) is 0 Å². The molecule has 3 rings (SSSR count). The molecule has 1 heterocycles. The Hall–Kier alpha value is -3.61. The molecule has 1 unspecified atom stereocenters. The molecule has 1 aromatic heterocycles. The van der Waals surface area contributed by atoms with E-state index in [0.29, 0.717) is 29.0 Å². The molecule has 0 saturated heterocycles. The Kier molecular flexibility index (Phi) is 6.74. The SMILES string of the molecule is CCCc1c(C(=O)NNC(=O)C(C)Oc2ccc3ccccc3c2)[nH]c(C)c1C(C)=O. The van der Waals surface area contributed by atoms with Crippen LogP contribution in [0, 0.1) is 6.92 Å². The first-order chi connectivity index (χ1) is 14.8. The average Bonchev–Trinajstić information content (AvgIpc) is 3.08. The van der Waals surface area contributed by atoms with Crippen molar-refractivity contribution in [2.45, 2.75) is 46.6 Å². The van der Waals surface area contributed by atoms with Crippen LogP contribution >= 0.6 is 0 Å². The summed E-state index contributed by atoms with van der Waals surface area (Å²) in [6.07, 6.45) is 0.535. The zero-order valence-electron chi connectivity index (χ0n) is 18.2. The number of H-pyrrole nitrogens is 1. The standard InChI is InChI=1S/C24H27N3O4/c1-5-8-20-21(15(3)28)14(2)25-22(20)24(30)27-26-23(29)16(4)31-19-12-11-17-9-6-7-10-18(17)13-19/h6-7,9-13,16,25H,5,8H2,1-4H3,(H,26,29)(H,27,30). The fraction of sp³-hybridized carbons (Fsp3) is 0.292. The summed E-state index contributed by atoms with van der Waals surface area (Å²) >= 11 is 0. The van der Waals surface area contributed by atoms with Crippen LogP contribution in [0.25, 0.3) is 10.8 Å². The first-order valence-corrected chi connectivity index (χ1v) is 10.3. The van der Waals surface area contributed by atoms with Gasteiger partial charge in [-0.1, -0.05) is 43.7 Å². The molecule has 3 N–H and O–H groups in total. The molecule has 2 amide bonds. The fourth-order valence-electron chi connectivity index (χ4n) is 3.63. The van der Waals surface area contributed by atoms with Gasteiger partial charge < -0.3 is 9.72 Å². The number of hydrogen-bond acceptors (Lipinski definition) is 4. The maximum absolute atomic E-state index is 12.7. The summed E-state index contributed by atoms with van der Waals surface area (Å²) in [5.74, 6) is -0.541.